The van der Waals surface area contributed by atoms with Crippen LogP contribution in [0.15, 0.2) is 166 Å². The highest BCUT2D eigenvalue weighted by Gasteiger charge is 2.24. The molecular weight excluding hydrogens is 557 g/mol. The molecule has 0 amide bonds. The van der Waals surface area contributed by atoms with Crippen LogP contribution in [-0.4, -0.2) is 4.57 Å². The molecule has 1 aliphatic heterocycles. The predicted molar refractivity (Wildman–Crippen MR) is 184 cm³/mol. The minimum atomic E-state index is -0.0232. The first-order chi connectivity index (χ1) is 21.7. The van der Waals surface area contributed by atoms with Crippen LogP contribution in [-0.2, 0) is 0 Å². The van der Waals surface area contributed by atoms with Crippen LogP contribution in [0.5, 0.6) is 0 Å². The van der Waals surface area contributed by atoms with Gasteiger partial charge in [0.1, 0.15) is 0 Å². The van der Waals surface area contributed by atoms with Crippen LogP contribution in [0.1, 0.15) is 5.56 Å². The quantitative estimate of drug-likeness (QED) is 0.202. The van der Waals surface area contributed by atoms with Gasteiger partial charge in [0, 0.05) is 43.9 Å². The van der Waals surface area contributed by atoms with Crippen molar-refractivity contribution >= 4 is 39.6 Å². The molecule has 8 rings (SSSR count). The summed E-state index contributed by atoms with van der Waals surface area (Å²) in [6.45, 7) is 2.08. The molecule has 0 spiro atoms. The average Bonchev–Trinajstić information content (AvgIpc) is 3.08. The molecule has 1 aliphatic rings. The van der Waals surface area contributed by atoms with Gasteiger partial charge in [-0.1, -0.05) is 103 Å². The lowest BCUT2D eigenvalue weighted by Gasteiger charge is -2.31. The van der Waals surface area contributed by atoms with Gasteiger partial charge in [0.15, 0.2) is 0 Å². The second-order valence-electron chi connectivity index (χ2n) is 11.0. The van der Waals surface area contributed by atoms with Crippen molar-refractivity contribution in [3.05, 3.63) is 168 Å². The van der Waals surface area contributed by atoms with E-state index in [9.17, 15) is 4.79 Å². The zero-order chi connectivity index (χ0) is 29.6. The molecule has 0 unspecified atom stereocenters. The van der Waals surface area contributed by atoms with E-state index in [1.807, 2.05) is 54.4 Å². The summed E-state index contributed by atoms with van der Waals surface area (Å²) in [4.78, 5) is 18.5. The molecule has 44 heavy (non-hydrogen) atoms. The van der Waals surface area contributed by atoms with E-state index in [2.05, 4.69) is 121 Å². The lowest BCUT2D eigenvalue weighted by molar-refractivity contribution is 0.996. The van der Waals surface area contributed by atoms with E-state index in [4.69, 9.17) is 0 Å². The molecule has 0 fully saturated rings. The molecule has 210 valence electrons. The molecule has 0 saturated carbocycles. The molecule has 0 bridgehead atoms. The van der Waals surface area contributed by atoms with Crippen molar-refractivity contribution in [2.45, 2.75) is 16.7 Å². The first-order valence-electron chi connectivity index (χ1n) is 14.7. The van der Waals surface area contributed by atoms with Crippen molar-refractivity contribution < 1.29 is 0 Å². The number of nitrogens with zero attached hydrogens (tertiary/aromatic N) is 2. The van der Waals surface area contributed by atoms with Crippen molar-refractivity contribution in [3.8, 4) is 27.9 Å². The van der Waals surface area contributed by atoms with E-state index in [-0.39, 0.29) is 5.56 Å². The van der Waals surface area contributed by atoms with Gasteiger partial charge in [0.05, 0.1) is 11.4 Å². The molecule has 0 radical (unpaired) electrons. The summed E-state index contributed by atoms with van der Waals surface area (Å²) >= 11 is 1.81. The maximum Gasteiger partial charge on any atom is 0.262 e. The summed E-state index contributed by atoms with van der Waals surface area (Å²) < 4.78 is 1.75. The van der Waals surface area contributed by atoms with Crippen LogP contribution in [0.2, 0.25) is 0 Å². The number of pyridine rings is 1. The van der Waals surface area contributed by atoms with E-state index in [1.54, 1.807) is 4.57 Å². The molecule has 0 atom stereocenters. The number of rotatable bonds is 2. The van der Waals surface area contributed by atoms with Gasteiger partial charge in [-0.2, -0.15) is 0 Å². The maximum absolute atomic E-state index is 13.8. The number of hydrogen-bond acceptors (Lipinski definition) is 3. The molecule has 2 heterocycles. The fourth-order valence-corrected chi connectivity index (χ4v) is 7.40. The Hall–Kier alpha value is -5.32. The van der Waals surface area contributed by atoms with Crippen LogP contribution >= 0.6 is 11.8 Å². The van der Waals surface area contributed by atoms with Crippen molar-refractivity contribution in [2.75, 3.05) is 4.90 Å². The number of benzene rings is 6. The number of para-hydroxylation sites is 3. The summed E-state index contributed by atoms with van der Waals surface area (Å²) in [7, 11) is 0. The van der Waals surface area contributed by atoms with Gasteiger partial charge in [-0.05, 0) is 83.6 Å². The van der Waals surface area contributed by atoms with Gasteiger partial charge in [-0.3, -0.25) is 9.36 Å². The van der Waals surface area contributed by atoms with Crippen molar-refractivity contribution in [1.29, 1.82) is 0 Å². The Morgan fingerprint density at radius 1 is 0.500 bits per heavy atom. The molecule has 0 saturated heterocycles. The highest BCUT2D eigenvalue weighted by Crippen LogP contribution is 2.50. The highest BCUT2D eigenvalue weighted by atomic mass is 32.2. The third kappa shape index (κ3) is 4.34. The standard InChI is InChI=1S/C40H28N2OS/c1-27-26-41(28-13-3-2-4-14-28)40(43)34-24-23-29(25-35(27)34)42-36-19-9-5-15-30(36)32-17-7-11-21-38(32)44-39-22-12-8-18-33(39)31-16-6-10-20-37(31)42/h2-26H,1H3. The predicted octanol–water partition coefficient (Wildman–Crippen LogP) is 10.6. The van der Waals surface area contributed by atoms with Crippen LogP contribution in [0.3, 0.4) is 0 Å². The van der Waals surface area contributed by atoms with E-state index < -0.39 is 0 Å². The topological polar surface area (TPSA) is 25.2 Å². The number of hydrogen-bond donors (Lipinski definition) is 0. The SMILES string of the molecule is Cc1cn(-c2ccccc2)c(=O)c2ccc(N3c4ccccc4-c4ccccc4Sc4ccccc4-c4ccccc43)cc12. The number of aromatic nitrogens is 1. The maximum atomic E-state index is 13.8. The Morgan fingerprint density at radius 3 is 1.64 bits per heavy atom. The molecule has 0 N–H and O–H groups in total. The Morgan fingerprint density at radius 2 is 1.02 bits per heavy atom. The highest BCUT2D eigenvalue weighted by molar-refractivity contribution is 7.99. The summed E-state index contributed by atoms with van der Waals surface area (Å²) in [5, 5.41) is 1.65. The summed E-state index contributed by atoms with van der Waals surface area (Å²) in [6, 6.07) is 50.6. The number of aryl methyl sites for hydroxylation is 1. The zero-order valence-corrected chi connectivity index (χ0v) is 25.0. The fraction of sp³-hybridized carbons (Fsp3) is 0.0250. The minimum absolute atomic E-state index is 0.0232. The van der Waals surface area contributed by atoms with Crippen LogP contribution in [0, 0.1) is 6.92 Å². The summed E-state index contributed by atoms with van der Waals surface area (Å²) in [5.41, 5.74) is 9.74. The Bertz CT molecular complexity index is 2160. The number of anilines is 3. The van der Waals surface area contributed by atoms with Gasteiger partial charge in [0.25, 0.3) is 5.56 Å². The van der Waals surface area contributed by atoms with E-state index in [1.165, 1.54) is 20.9 Å². The zero-order valence-electron chi connectivity index (χ0n) is 24.1. The minimum Gasteiger partial charge on any atom is -0.309 e. The van der Waals surface area contributed by atoms with E-state index >= 15 is 0 Å². The van der Waals surface area contributed by atoms with Gasteiger partial charge >= 0.3 is 0 Å². The Labute approximate surface area is 260 Å². The lowest BCUT2D eigenvalue weighted by Crippen LogP contribution is -2.19. The molecule has 1 aromatic heterocycles. The van der Waals surface area contributed by atoms with Gasteiger partial charge in [0.2, 0.25) is 0 Å². The third-order valence-corrected chi connectivity index (χ3v) is 9.51. The van der Waals surface area contributed by atoms with Crippen molar-refractivity contribution in [1.82, 2.24) is 4.57 Å². The normalized spacial score (nSPS) is 12.2. The first-order valence-corrected chi connectivity index (χ1v) is 15.6. The van der Waals surface area contributed by atoms with E-state index in [0.717, 1.165) is 44.8 Å². The molecule has 6 aromatic carbocycles. The molecule has 4 heteroatoms. The van der Waals surface area contributed by atoms with Gasteiger partial charge in [-0.25, -0.2) is 0 Å². The smallest absolute Gasteiger partial charge is 0.262 e. The van der Waals surface area contributed by atoms with E-state index in [0.29, 0.717) is 5.39 Å². The summed E-state index contributed by atoms with van der Waals surface area (Å²) in [5.74, 6) is 0. The van der Waals surface area contributed by atoms with Gasteiger partial charge < -0.3 is 4.90 Å². The summed E-state index contributed by atoms with van der Waals surface area (Å²) in [6.07, 6.45) is 1.96. The van der Waals surface area contributed by atoms with Crippen LogP contribution in [0.25, 0.3) is 38.7 Å². The van der Waals surface area contributed by atoms with Gasteiger partial charge in [-0.15, -0.1) is 0 Å². The van der Waals surface area contributed by atoms with Crippen molar-refractivity contribution in [2.24, 2.45) is 0 Å². The lowest BCUT2D eigenvalue weighted by atomic mass is 9.98. The fourth-order valence-electron chi connectivity index (χ4n) is 6.29. The van der Waals surface area contributed by atoms with Crippen LogP contribution in [0.4, 0.5) is 17.1 Å². The molecule has 0 aliphatic carbocycles. The second-order valence-corrected chi connectivity index (χ2v) is 12.1. The first kappa shape index (κ1) is 26.3. The van der Waals surface area contributed by atoms with Crippen molar-refractivity contribution in [3.63, 3.8) is 0 Å². The number of fused-ring (bicyclic) bond motifs is 7. The Kier molecular flexibility index (Phi) is 6.43. The molecule has 7 aromatic rings. The molecular formula is C40H28N2OS. The Balaban J connectivity index is 1.43. The van der Waals surface area contributed by atoms with Crippen LogP contribution < -0.4 is 10.5 Å². The largest absolute Gasteiger partial charge is 0.309 e. The second kappa shape index (κ2) is 10.7. The average molecular weight is 585 g/mol. The molecule has 3 nitrogen and oxygen atoms in total. The third-order valence-electron chi connectivity index (χ3n) is 8.36. The monoisotopic (exact) mass is 584 g/mol.